The summed E-state index contributed by atoms with van der Waals surface area (Å²) >= 11 is 0. The molecule has 3 aromatic rings. The third kappa shape index (κ3) is 3.69. The van der Waals surface area contributed by atoms with E-state index in [9.17, 15) is 17.2 Å². The number of hydrogen-bond donors (Lipinski definition) is 0. The SMILES string of the molecule is Cc1ccc(S(=O)(=O)n2ccc3cc(CN4CCC(F)(F)CC4)ccc32)cc1. The molecule has 28 heavy (non-hydrogen) atoms. The Morgan fingerprint density at radius 2 is 1.68 bits per heavy atom. The lowest BCUT2D eigenvalue weighted by atomic mass is 10.1. The highest BCUT2D eigenvalue weighted by Gasteiger charge is 2.33. The number of fused-ring (bicyclic) bond motifs is 1. The summed E-state index contributed by atoms with van der Waals surface area (Å²) in [6.07, 6.45) is 1.34. The van der Waals surface area contributed by atoms with Gasteiger partial charge in [0.25, 0.3) is 15.9 Å². The van der Waals surface area contributed by atoms with E-state index in [0.717, 1.165) is 16.5 Å². The smallest absolute Gasteiger partial charge is 0.268 e. The van der Waals surface area contributed by atoms with Gasteiger partial charge in [-0.15, -0.1) is 0 Å². The fraction of sp³-hybridized carbons (Fsp3) is 0.333. The average Bonchev–Trinajstić information content (AvgIpc) is 3.08. The van der Waals surface area contributed by atoms with Crippen LogP contribution in [0.1, 0.15) is 24.0 Å². The molecule has 0 atom stereocenters. The van der Waals surface area contributed by atoms with Crippen LogP contribution in [0.4, 0.5) is 8.78 Å². The molecule has 0 N–H and O–H groups in total. The van der Waals surface area contributed by atoms with Crippen molar-refractivity contribution < 1.29 is 17.2 Å². The molecule has 4 nitrogen and oxygen atoms in total. The van der Waals surface area contributed by atoms with Crippen molar-refractivity contribution in [2.24, 2.45) is 0 Å². The minimum absolute atomic E-state index is 0.111. The van der Waals surface area contributed by atoms with Crippen molar-refractivity contribution in [3.63, 3.8) is 0 Å². The fourth-order valence-corrected chi connectivity index (χ4v) is 4.95. The number of piperidine rings is 1. The highest BCUT2D eigenvalue weighted by molar-refractivity contribution is 7.90. The Morgan fingerprint density at radius 1 is 1.00 bits per heavy atom. The molecule has 0 unspecified atom stereocenters. The van der Waals surface area contributed by atoms with Gasteiger partial charge in [0.2, 0.25) is 0 Å². The number of alkyl halides is 2. The molecule has 4 rings (SSSR count). The summed E-state index contributed by atoms with van der Waals surface area (Å²) < 4.78 is 53.9. The molecular weight excluding hydrogens is 382 g/mol. The third-order valence-electron chi connectivity index (χ3n) is 5.29. The van der Waals surface area contributed by atoms with Crippen LogP contribution in [0, 0.1) is 6.92 Å². The highest BCUT2D eigenvalue weighted by Crippen LogP contribution is 2.29. The van der Waals surface area contributed by atoms with Crippen LogP contribution in [0.25, 0.3) is 10.9 Å². The predicted octanol–water partition coefficient (Wildman–Crippen LogP) is 4.42. The predicted molar refractivity (Wildman–Crippen MR) is 105 cm³/mol. The van der Waals surface area contributed by atoms with Crippen LogP contribution in [0.2, 0.25) is 0 Å². The fourth-order valence-electron chi connectivity index (χ4n) is 3.59. The van der Waals surface area contributed by atoms with E-state index in [-0.39, 0.29) is 17.7 Å². The van der Waals surface area contributed by atoms with Crippen molar-refractivity contribution in [2.45, 2.75) is 37.1 Å². The van der Waals surface area contributed by atoms with Gasteiger partial charge in [0.1, 0.15) is 0 Å². The first-order valence-electron chi connectivity index (χ1n) is 9.27. The van der Waals surface area contributed by atoms with E-state index in [1.165, 1.54) is 3.97 Å². The summed E-state index contributed by atoms with van der Waals surface area (Å²) in [6.45, 7) is 3.23. The first kappa shape index (κ1) is 19.1. The lowest BCUT2D eigenvalue weighted by Gasteiger charge is -2.31. The van der Waals surface area contributed by atoms with Gasteiger partial charge in [-0.05, 0) is 42.8 Å². The van der Waals surface area contributed by atoms with Crippen molar-refractivity contribution in [3.8, 4) is 0 Å². The van der Waals surface area contributed by atoms with E-state index in [1.54, 1.807) is 42.6 Å². The summed E-state index contributed by atoms with van der Waals surface area (Å²) in [5.41, 5.74) is 2.59. The van der Waals surface area contributed by atoms with Gasteiger partial charge in [-0.2, -0.15) is 0 Å². The number of aromatic nitrogens is 1. The number of rotatable bonds is 4. The number of nitrogens with zero attached hydrogens (tertiary/aromatic N) is 2. The van der Waals surface area contributed by atoms with Gasteiger partial charge in [-0.1, -0.05) is 23.8 Å². The normalized spacial score (nSPS) is 17.8. The van der Waals surface area contributed by atoms with E-state index >= 15 is 0 Å². The Kier molecular flexibility index (Phi) is 4.75. The summed E-state index contributed by atoms with van der Waals surface area (Å²) in [4.78, 5) is 2.26. The maximum absolute atomic E-state index is 13.3. The molecule has 7 heteroatoms. The number of benzene rings is 2. The third-order valence-corrected chi connectivity index (χ3v) is 6.99. The van der Waals surface area contributed by atoms with Crippen molar-refractivity contribution in [2.75, 3.05) is 13.1 Å². The zero-order valence-corrected chi connectivity index (χ0v) is 16.4. The Morgan fingerprint density at radius 3 is 2.36 bits per heavy atom. The number of likely N-dealkylation sites (tertiary alicyclic amines) is 1. The molecule has 1 aliphatic heterocycles. The monoisotopic (exact) mass is 404 g/mol. The zero-order chi connectivity index (χ0) is 19.9. The Labute approximate surface area is 163 Å². The van der Waals surface area contributed by atoms with Crippen molar-refractivity contribution >= 4 is 20.9 Å². The van der Waals surface area contributed by atoms with Gasteiger partial charge < -0.3 is 0 Å². The molecule has 1 saturated heterocycles. The summed E-state index contributed by atoms with van der Waals surface area (Å²) in [5.74, 6) is -2.55. The topological polar surface area (TPSA) is 42.3 Å². The molecule has 0 aliphatic carbocycles. The summed E-state index contributed by atoms with van der Waals surface area (Å²) in [7, 11) is -3.67. The summed E-state index contributed by atoms with van der Waals surface area (Å²) in [6, 6.07) is 14.1. The maximum Gasteiger partial charge on any atom is 0.268 e. The van der Waals surface area contributed by atoms with Crippen LogP contribution in [0.5, 0.6) is 0 Å². The Hall–Kier alpha value is -2.25. The lowest BCUT2D eigenvalue weighted by molar-refractivity contribution is -0.0566. The van der Waals surface area contributed by atoms with E-state index in [1.807, 2.05) is 24.0 Å². The molecule has 1 fully saturated rings. The van der Waals surface area contributed by atoms with E-state index in [0.29, 0.717) is 25.2 Å². The van der Waals surface area contributed by atoms with E-state index in [2.05, 4.69) is 0 Å². The van der Waals surface area contributed by atoms with E-state index < -0.39 is 15.9 Å². The number of hydrogen-bond acceptors (Lipinski definition) is 3. The first-order chi connectivity index (χ1) is 13.2. The van der Waals surface area contributed by atoms with Gasteiger partial charge >= 0.3 is 0 Å². The second kappa shape index (κ2) is 6.97. The van der Waals surface area contributed by atoms with Crippen LogP contribution in [0.15, 0.2) is 59.6 Å². The number of aryl methyl sites for hydroxylation is 1. The van der Waals surface area contributed by atoms with E-state index in [4.69, 9.17) is 0 Å². The van der Waals surface area contributed by atoms with Crippen LogP contribution in [0.3, 0.4) is 0 Å². The molecule has 0 amide bonds. The van der Waals surface area contributed by atoms with Crippen LogP contribution < -0.4 is 0 Å². The highest BCUT2D eigenvalue weighted by atomic mass is 32.2. The molecule has 1 aromatic heterocycles. The lowest BCUT2D eigenvalue weighted by Crippen LogP contribution is -2.38. The standard InChI is InChI=1S/C21H22F2N2O2S/c1-16-2-5-19(6-3-16)28(26,27)25-11-8-18-14-17(4-7-20(18)25)15-24-12-9-21(22,23)10-13-24/h2-8,11,14H,9-10,12-13,15H2,1H3. The molecule has 0 spiro atoms. The minimum atomic E-state index is -3.67. The quantitative estimate of drug-likeness (QED) is 0.647. The largest absolute Gasteiger partial charge is 0.299 e. The second-order valence-corrected chi connectivity index (χ2v) is 9.27. The molecule has 2 aromatic carbocycles. The zero-order valence-electron chi connectivity index (χ0n) is 15.6. The first-order valence-corrected chi connectivity index (χ1v) is 10.7. The van der Waals surface area contributed by atoms with Gasteiger partial charge in [0.05, 0.1) is 10.4 Å². The Balaban J connectivity index is 1.59. The Bertz CT molecular complexity index is 1100. The molecule has 0 radical (unpaired) electrons. The van der Waals surface area contributed by atoms with Gasteiger partial charge in [0.15, 0.2) is 0 Å². The van der Waals surface area contributed by atoms with Gasteiger partial charge in [-0.25, -0.2) is 21.2 Å². The van der Waals surface area contributed by atoms with Gasteiger partial charge in [-0.3, -0.25) is 4.90 Å². The van der Waals surface area contributed by atoms with Crippen molar-refractivity contribution in [3.05, 3.63) is 65.9 Å². The van der Waals surface area contributed by atoms with Crippen molar-refractivity contribution in [1.82, 2.24) is 8.87 Å². The number of halogens is 2. The van der Waals surface area contributed by atoms with Crippen LogP contribution in [-0.2, 0) is 16.6 Å². The van der Waals surface area contributed by atoms with Gasteiger partial charge in [0, 0.05) is 44.1 Å². The average molecular weight is 404 g/mol. The molecule has 148 valence electrons. The molecule has 0 saturated carbocycles. The molecule has 1 aliphatic rings. The van der Waals surface area contributed by atoms with Crippen molar-refractivity contribution in [1.29, 1.82) is 0 Å². The van der Waals surface area contributed by atoms with Crippen LogP contribution in [-0.4, -0.2) is 36.3 Å². The molecular formula is C21H22F2N2O2S. The maximum atomic E-state index is 13.3. The second-order valence-electron chi connectivity index (χ2n) is 7.45. The minimum Gasteiger partial charge on any atom is -0.299 e. The molecule has 2 heterocycles. The summed E-state index contributed by atoms with van der Waals surface area (Å²) in [5, 5.41) is 0.815. The van der Waals surface area contributed by atoms with Crippen LogP contribution >= 0.6 is 0 Å². The molecule has 0 bridgehead atoms.